The Morgan fingerprint density at radius 3 is 2.31 bits per heavy atom. The molecule has 0 N–H and O–H groups in total. The van der Waals surface area contributed by atoms with Crippen molar-refractivity contribution < 1.29 is 13.9 Å². The first kappa shape index (κ1) is 26.2. The third-order valence-corrected chi connectivity index (χ3v) is 7.81. The summed E-state index contributed by atoms with van der Waals surface area (Å²) in [7, 11) is 4.19. The number of hydrogen-bond acceptors (Lipinski definition) is 7. The Bertz CT molecular complexity index is 1100. The number of piperidine rings is 1. The van der Waals surface area contributed by atoms with Gasteiger partial charge in [0.1, 0.15) is 16.9 Å². The normalized spacial score (nSPS) is 18.0. The van der Waals surface area contributed by atoms with E-state index >= 15 is 4.39 Å². The first-order valence-electron chi connectivity index (χ1n) is 11.9. The lowest BCUT2D eigenvalue weighted by atomic mass is 10.0. The summed E-state index contributed by atoms with van der Waals surface area (Å²) >= 11 is 9.57. The van der Waals surface area contributed by atoms with Gasteiger partial charge in [0.2, 0.25) is 5.95 Å². The van der Waals surface area contributed by atoms with Gasteiger partial charge in [-0.05, 0) is 69.7 Å². The lowest BCUT2D eigenvalue weighted by Crippen LogP contribution is -2.50. The minimum Gasteiger partial charge on any atom is -0.444 e. The molecule has 0 spiro atoms. The summed E-state index contributed by atoms with van der Waals surface area (Å²) < 4.78 is 21.0. The molecule has 0 atom stereocenters. The Morgan fingerprint density at radius 2 is 1.74 bits per heavy atom. The predicted octanol–water partition coefficient (Wildman–Crippen LogP) is 4.77. The molecule has 0 aliphatic carbocycles. The molecule has 192 valence electrons. The van der Waals surface area contributed by atoms with Crippen molar-refractivity contribution in [2.45, 2.75) is 45.3 Å². The predicted molar refractivity (Wildman–Crippen MR) is 141 cm³/mol. The maximum Gasteiger partial charge on any atom is 0.410 e. The first-order chi connectivity index (χ1) is 16.4. The Labute approximate surface area is 219 Å². The van der Waals surface area contributed by atoms with Crippen LogP contribution in [0.25, 0.3) is 10.9 Å². The van der Waals surface area contributed by atoms with E-state index in [1.165, 1.54) is 0 Å². The molecule has 2 aliphatic heterocycles. The second-order valence-corrected chi connectivity index (χ2v) is 11.6. The van der Waals surface area contributed by atoms with Gasteiger partial charge in [-0.3, -0.25) is 0 Å². The van der Waals surface area contributed by atoms with Crippen LogP contribution in [0.4, 0.5) is 21.0 Å². The van der Waals surface area contributed by atoms with E-state index in [1.807, 2.05) is 20.8 Å². The molecule has 3 heterocycles. The number of fused-ring (bicyclic) bond motifs is 1. The molecular weight excluding hydrogens is 539 g/mol. The molecule has 1 aromatic carbocycles. The summed E-state index contributed by atoms with van der Waals surface area (Å²) in [6.45, 7) is 9.22. The maximum absolute atomic E-state index is 15.3. The van der Waals surface area contributed by atoms with Gasteiger partial charge in [0.05, 0.1) is 9.50 Å². The van der Waals surface area contributed by atoms with E-state index in [2.05, 4.69) is 49.7 Å². The topological polar surface area (TPSA) is 65.0 Å². The number of benzene rings is 1. The molecule has 0 saturated carbocycles. The fraction of sp³-hybridized carbons (Fsp3) is 0.625. The van der Waals surface area contributed by atoms with Crippen LogP contribution >= 0.6 is 27.5 Å². The molecule has 0 unspecified atom stereocenters. The van der Waals surface area contributed by atoms with E-state index in [9.17, 15) is 4.79 Å². The highest BCUT2D eigenvalue weighted by atomic mass is 79.9. The standard InChI is InChI=1S/C24H33BrClFN6O2/c1-24(2,3)35-23(34)33-12-10-31(11-13-33)21-16-14-17(26)18(25)19(27)20(16)28-22(29-21)32-8-6-15(7-9-32)30(4)5/h14-15H,6-13H2,1-5H3. The van der Waals surface area contributed by atoms with Gasteiger partial charge in [-0.25, -0.2) is 14.2 Å². The van der Waals surface area contributed by atoms with Crippen LogP contribution in [-0.4, -0.2) is 90.9 Å². The molecule has 35 heavy (non-hydrogen) atoms. The number of halogens is 3. The SMILES string of the molecule is CN(C)C1CCN(c2nc(N3CCN(C(=O)OC(C)(C)C)CC3)c3cc(Cl)c(Br)c(F)c3n2)CC1. The molecule has 1 amide bonds. The summed E-state index contributed by atoms with van der Waals surface area (Å²) in [5.41, 5.74) is -0.307. The Kier molecular flexibility index (Phi) is 7.64. The number of ether oxygens (including phenoxy) is 1. The number of nitrogens with zero attached hydrogens (tertiary/aromatic N) is 6. The maximum atomic E-state index is 15.3. The van der Waals surface area contributed by atoms with Gasteiger partial charge in [-0.1, -0.05) is 11.6 Å². The Balaban J connectivity index is 1.63. The van der Waals surface area contributed by atoms with Crippen molar-refractivity contribution in [1.82, 2.24) is 19.8 Å². The van der Waals surface area contributed by atoms with Crippen LogP contribution in [0.15, 0.2) is 10.5 Å². The van der Waals surface area contributed by atoms with E-state index in [0.29, 0.717) is 49.4 Å². The van der Waals surface area contributed by atoms with Crippen LogP contribution in [0, 0.1) is 5.82 Å². The van der Waals surface area contributed by atoms with E-state index in [4.69, 9.17) is 21.3 Å². The van der Waals surface area contributed by atoms with Crippen molar-refractivity contribution in [3.05, 3.63) is 21.4 Å². The average molecular weight is 572 g/mol. The van der Waals surface area contributed by atoms with Crippen molar-refractivity contribution >= 4 is 56.3 Å². The van der Waals surface area contributed by atoms with Gasteiger partial charge < -0.3 is 24.3 Å². The summed E-state index contributed by atoms with van der Waals surface area (Å²) in [4.78, 5) is 30.2. The molecule has 0 bridgehead atoms. The zero-order chi connectivity index (χ0) is 25.5. The smallest absolute Gasteiger partial charge is 0.410 e. The molecule has 2 saturated heterocycles. The van der Waals surface area contributed by atoms with Crippen molar-refractivity contribution in [2.24, 2.45) is 0 Å². The minimum atomic E-state index is -0.548. The minimum absolute atomic E-state index is 0.198. The van der Waals surface area contributed by atoms with E-state index in [-0.39, 0.29) is 21.1 Å². The highest BCUT2D eigenvalue weighted by Crippen LogP contribution is 2.37. The van der Waals surface area contributed by atoms with Gasteiger partial charge in [-0.15, -0.1) is 0 Å². The number of aromatic nitrogens is 2. The molecule has 1 aromatic heterocycles. The second-order valence-electron chi connectivity index (χ2n) is 10.4. The second kappa shape index (κ2) is 10.2. The van der Waals surface area contributed by atoms with Gasteiger partial charge in [-0.2, -0.15) is 4.98 Å². The quantitative estimate of drug-likeness (QED) is 0.492. The summed E-state index contributed by atoms with van der Waals surface area (Å²) in [6, 6.07) is 2.22. The third-order valence-electron chi connectivity index (χ3n) is 6.50. The molecule has 11 heteroatoms. The van der Waals surface area contributed by atoms with E-state index in [0.717, 1.165) is 25.9 Å². The Morgan fingerprint density at radius 1 is 1.11 bits per heavy atom. The fourth-order valence-electron chi connectivity index (χ4n) is 4.54. The van der Waals surface area contributed by atoms with Crippen LogP contribution in [-0.2, 0) is 4.74 Å². The van der Waals surface area contributed by atoms with Crippen molar-refractivity contribution in [1.29, 1.82) is 0 Å². The monoisotopic (exact) mass is 570 g/mol. The van der Waals surface area contributed by atoms with Gasteiger partial charge >= 0.3 is 6.09 Å². The number of carbonyl (C=O) groups is 1. The lowest BCUT2D eigenvalue weighted by molar-refractivity contribution is 0.0240. The van der Waals surface area contributed by atoms with E-state index < -0.39 is 11.4 Å². The molecular formula is C24H33BrClFN6O2. The number of hydrogen-bond donors (Lipinski definition) is 0. The largest absolute Gasteiger partial charge is 0.444 e. The zero-order valence-electron chi connectivity index (χ0n) is 20.9. The van der Waals surface area contributed by atoms with Crippen molar-refractivity contribution in [3.8, 4) is 0 Å². The molecule has 0 radical (unpaired) electrons. The molecule has 4 rings (SSSR count). The number of rotatable bonds is 3. The van der Waals surface area contributed by atoms with Crippen molar-refractivity contribution in [2.75, 3.05) is 63.2 Å². The molecule has 2 fully saturated rings. The summed E-state index contributed by atoms with van der Waals surface area (Å²) in [5, 5.41) is 0.833. The van der Waals surface area contributed by atoms with Crippen LogP contribution in [0.1, 0.15) is 33.6 Å². The third kappa shape index (κ3) is 5.75. The molecule has 2 aliphatic rings. The summed E-state index contributed by atoms with van der Waals surface area (Å²) in [6.07, 6.45) is 1.66. The van der Waals surface area contributed by atoms with Gasteiger partial charge in [0.25, 0.3) is 0 Å². The van der Waals surface area contributed by atoms with E-state index in [1.54, 1.807) is 11.0 Å². The number of piperazine rings is 1. The fourth-order valence-corrected chi connectivity index (χ4v) is 5.03. The highest BCUT2D eigenvalue weighted by Gasteiger charge is 2.30. The lowest BCUT2D eigenvalue weighted by Gasteiger charge is -2.38. The Hall–Kier alpha value is -1.91. The molecule has 8 nitrogen and oxygen atoms in total. The highest BCUT2D eigenvalue weighted by molar-refractivity contribution is 9.10. The van der Waals surface area contributed by atoms with Crippen LogP contribution < -0.4 is 9.80 Å². The first-order valence-corrected chi connectivity index (χ1v) is 13.1. The number of amides is 1. The number of carbonyl (C=O) groups excluding carboxylic acids is 1. The van der Waals surface area contributed by atoms with Crippen molar-refractivity contribution in [3.63, 3.8) is 0 Å². The van der Waals surface area contributed by atoms with Crippen LogP contribution in [0.5, 0.6) is 0 Å². The summed E-state index contributed by atoms with van der Waals surface area (Å²) in [5.74, 6) is 0.664. The van der Waals surface area contributed by atoms with Gasteiger partial charge in [0, 0.05) is 50.7 Å². The zero-order valence-corrected chi connectivity index (χ0v) is 23.3. The van der Waals surface area contributed by atoms with Gasteiger partial charge in [0.15, 0.2) is 5.82 Å². The van der Waals surface area contributed by atoms with Crippen LogP contribution in [0.2, 0.25) is 5.02 Å². The van der Waals surface area contributed by atoms with Crippen LogP contribution in [0.3, 0.4) is 0 Å². The molecule has 2 aromatic rings. The number of anilines is 2. The average Bonchev–Trinajstić information content (AvgIpc) is 2.81.